The number of carbonyl (C=O) groups is 2. The highest BCUT2D eigenvalue weighted by atomic mass is 32.2. The largest absolute Gasteiger partial charge is 0.450 e. The molecule has 2 unspecified atom stereocenters. The van der Waals surface area contributed by atoms with Gasteiger partial charge in [0.15, 0.2) is 16.4 Å². The van der Waals surface area contributed by atoms with E-state index in [-0.39, 0.29) is 29.4 Å². The third-order valence-corrected chi connectivity index (χ3v) is 9.44. The van der Waals surface area contributed by atoms with Gasteiger partial charge in [-0.05, 0) is 27.7 Å². The Morgan fingerprint density at radius 2 is 1.45 bits per heavy atom. The average Bonchev–Trinajstić information content (AvgIpc) is 3.47. The fraction of sp³-hybridized carbons (Fsp3) is 0.324. The summed E-state index contributed by atoms with van der Waals surface area (Å²) in [6, 6.07) is 26.4. The maximum absolute atomic E-state index is 14.6. The third kappa shape index (κ3) is 6.09. The highest BCUT2D eigenvalue weighted by molar-refractivity contribution is 7.90. The molecule has 0 N–H and O–H groups in total. The second kappa shape index (κ2) is 11.3. The monoisotopic (exact) mass is 584 g/mol. The van der Waals surface area contributed by atoms with Crippen molar-refractivity contribution in [2.24, 2.45) is 18.4 Å². The maximum atomic E-state index is 14.6. The number of nitrogens with zero attached hydrogens (tertiary/aromatic N) is 2. The number of hydrogen-bond acceptors (Lipinski definition) is 6. The first-order valence-electron chi connectivity index (χ1n) is 14.0. The van der Waals surface area contributed by atoms with Gasteiger partial charge in [-0.1, -0.05) is 106 Å². The van der Waals surface area contributed by atoms with E-state index in [0.717, 1.165) is 16.7 Å². The van der Waals surface area contributed by atoms with E-state index < -0.39 is 38.7 Å². The number of esters is 1. The Morgan fingerprint density at radius 3 is 1.98 bits per heavy atom. The van der Waals surface area contributed by atoms with Crippen molar-refractivity contribution in [3.8, 4) is 0 Å². The number of aromatic nitrogens is 2. The van der Waals surface area contributed by atoms with Gasteiger partial charge in [0, 0.05) is 32.0 Å². The minimum absolute atomic E-state index is 0.00364. The number of carbonyl (C=O) groups excluding carboxylic acids is 2. The van der Waals surface area contributed by atoms with Crippen LogP contribution in [0.1, 0.15) is 48.9 Å². The first-order valence-corrected chi connectivity index (χ1v) is 15.7. The summed E-state index contributed by atoms with van der Waals surface area (Å²) in [5.41, 5.74) is 1.22. The molecule has 3 aromatic carbocycles. The molecule has 0 saturated carbocycles. The Labute approximate surface area is 247 Å². The van der Waals surface area contributed by atoms with E-state index in [1.54, 1.807) is 29.8 Å². The van der Waals surface area contributed by atoms with Crippen LogP contribution in [0.4, 0.5) is 0 Å². The topological polar surface area (TPSA) is 95.3 Å². The van der Waals surface area contributed by atoms with E-state index in [0.29, 0.717) is 5.56 Å². The molecule has 8 heteroatoms. The zero-order chi connectivity index (χ0) is 30.1. The van der Waals surface area contributed by atoms with Crippen molar-refractivity contribution in [1.82, 2.24) is 9.55 Å². The van der Waals surface area contributed by atoms with Gasteiger partial charge in [0.25, 0.3) is 0 Å². The zero-order valence-electron chi connectivity index (χ0n) is 24.4. The molecule has 5 rings (SSSR count). The Hall–Kier alpha value is -4.04. The number of cyclic esters (lactones) is 1. The number of benzene rings is 3. The number of ether oxygens (including phenoxy) is 1. The fourth-order valence-electron chi connectivity index (χ4n) is 6.06. The quantitative estimate of drug-likeness (QED) is 0.191. The Balaban J connectivity index is 1.53. The second-order valence-corrected chi connectivity index (χ2v) is 14.2. The summed E-state index contributed by atoms with van der Waals surface area (Å²) in [5, 5.41) is 0.00364. The van der Waals surface area contributed by atoms with Crippen LogP contribution in [0.15, 0.2) is 102 Å². The lowest BCUT2D eigenvalue weighted by molar-refractivity contribution is -0.153. The van der Waals surface area contributed by atoms with Crippen molar-refractivity contribution >= 4 is 21.6 Å². The molecule has 0 bridgehead atoms. The number of rotatable bonds is 9. The van der Waals surface area contributed by atoms with Gasteiger partial charge in [-0.15, -0.1) is 0 Å². The molecule has 7 nitrogen and oxygen atoms in total. The fourth-order valence-corrected chi connectivity index (χ4v) is 7.36. The summed E-state index contributed by atoms with van der Waals surface area (Å²) >= 11 is 0. The summed E-state index contributed by atoms with van der Waals surface area (Å²) in [6.45, 7) is 5.97. The number of ketones is 1. The number of Topliss-reactive ketones (excluding diaryl/α,β-unsaturated/α-hetero) is 1. The number of imidazole rings is 1. The lowest BCUT2D eigenvalue weighted by atomic mass is 9.66. The van der Waals surface area contributed by atoms with Gasteiger partial charge in [-0.25, -0.2) is 13.4 Å². The van der Waals surface area contributed by atoms with Gasteiger partial charge in [-0.2, -0.15) is 0 Å². The highest BCUT2D eigenvalue weighted by Crippen LogP contribution is 2.48. The second-order valence-electron chi connectivity index (χ2n) is 12.3. The molecular formula is C34H36N2O5S. The number of sulfone groups is 1. The van der Waals surface area contributed by atoms with Crippen molar-refractivity contribution in [3.05, 3.63) is 120 Å². The SMILES string of the molecule is Cn1cnc(S(=O)(=O)Cc2cccc(C(C3C(=O)OC(Cc4ccccc4)(Cc4ccccc4)C3=O)C(C)(C)C)c2)c1. The Morgan fingerprint density at radius 1 is 0.881 bits per heavy atom. The summed E-state index contributed by atoms with van der Waals surface area (Å²) < 4.78 is 33.9. The predicted molar refractivity (Wildman–Crippen MR) is 160 cm³/mol. The normalized spacial score (nSPS) is 17.7. The van der Waals surface area contributed by atoms with Crippen LogP contribution in [0.2, 0.25) is 0 Å². The van der Waals surface area contributed by atoms with Crippen molar-refractivity contribution < 1.29 is 22.7 Å². The van der Waals surface area contributed by atoms with Crippen molar-refractivity contribution in [3.63, 3.8) is 0 Å². The van der Waals surface area contributed by atoms with Crippen LogP contribution in [0, 0.1) is 11.3 Å². The Bertz CT molecular complexity index is 1650. The van der Waals surface area contributed by atoms with Crippen LogP contribution < -0.4 is 0 Å². The molecule has 0 amide bonds. The van der Waals surface area contributed by atoms with Crippen LogP contribution in [0.3, 0.4) is 0 Å². The highest BCUT2D eigenvalue weighted by Gasteiger charge is 2.59. The molecule has 0 radical (unpaired) electrons. The molecule has 0 aliphatic carbocycles. The molecule has 1 aromatic heterocycles. The van der Waals surface area contributed by atoms with Gasteiger partial charge in [0.05, 0.1) is 12.1 Å². The zero-order valence-corrected chi connectivity index (χ0v) is 25.2. The predicted octanol–water partition coefficient (Wildman–Crippen LogP) is 5.49. The summed E-state index contributed by atoms with van der Waals surface area (Å²) in [7, 11) is -1.97. The maximum Gasteiger partial charge on any atom is 0.318 e. The number of aryl methyl sites for hydroxylation is 1. The first-order chi connectivity index (χ1) is 19.9. The molecule has 0 spiro atoms. The van der Waals surface area contributed by atoms with Gasteiger partial charge >= 0.3 is 5.97 Å². The van der Waals surface area contributed by atoms with Crippen molar-refractivity contribution in [2.45, 2.75) is 55.9 Å². The molecular weight excluding hydrogens is 548 g/mol. The van der Waals surface area contributed by atoms with E-state index in [4.69, 9.17) is 4.74 Å². The molecule has 2 heterocycles. The number of hydrogen-bond donors (Lipinski definition) is 0. The smallest absolute Gasteiger partial charge is 0.318 e. The molecule has 1 aliphatic rings. The van der Waals surface area contributed by atoms with Crippen LogP contribution in [0.25, 0.3) is 0 Å². The van der Waals surface area contributed by atoms with Crippen LogP contribution >= 0.6 is 0 Å². The van der Waals surface area contributed by atoms with E-state index in [1.807, 2.05) is 87.5 Å². The van der Waals surface area contributed by atoms with E-state index in [9.17, 15) is 18.0 Å². The lowest BCUT2D eigenvalue weighted by Crippen LogP contribution is -2.44. The lowest BCUT2D eigenvalue weighted by Gasteiger charge is -2.34. The van der Waals surface area contributed by atoms with Crippen LogP contribution in [-0.4, -0.2) is 35.3 Å². The molecule has 218 valence electrons. The van der Waals surface area contributed by atoms with E-state index in [2.05, 4.69) is 4.98 Å². The van der Waals surface area contributed by atoms with Crippen LogP contribution in [-0.2, 0) is 49.8 Å². The minimum Gasteiger partial charge on any atom is -0.450 e. The third-order valence-electron chi connectivity index (χ3n) is 7.88. The standard InChI is InChI=1S/C34H36N2O5S/c1-33(2,3)30(27-17-11-16-26(18-27)22-42(39,40)28-21-36(4)23-35-28)29-31(37)34(41-32(29)38,19-24-12-7-5-8-13-24)20-25-14-9-6-10-15-25/h5-18,21,23,29-30H,19-20,22H2,1-4H3. The van der Waals surface area contributed by atoms with Gasteiger partial charge in [0.1, 0.15) is 5.92 Å². The minimum atomic E-state index is -3.69. The molecule has 1 saturated heterocycles. The summed E-state index contributed by atoms with van der Waals surface area (Å²) in [5.74, 6) is -2.61. The van der Waals surface area contributed by atoms with E-state index >= 15 is 0 Å². The van der Waals surface area contributed by atoms with Crippen LogP contribution in [0.5, 0.6) is 0 Å². The van der Waals surface area contributed by atoms with Crippen molar-refractivity contribution in [1.29, 1.82) is 0 Å². The molecule has 1 aliphatic heterocycles. The molecule has 2 atom stereocenters. The average molecular weight is 585 g/mol. The van der Waals surface area contributed by atoms with Gasteiger partial charge in [0.2, 0.25) is 9.84 Å². The summed E-state index contributed by atoms with van der Waals surface area (Å²) in [6.07, 6.45) is 3.46. The van der Waals surface area contributed by atoms with Gasteiger partial charge < -0.3 is 9.30 Å². The summed E-state index contributed by atoms with van der Waals surface area (Å²) in [4.78, 5) is 32.4. The van der Waals surface area contributed by atoms with Gasteiger partial charge in [-0.3, -0.25) is 9.59 Å². The first kappa shape index (κ1) is 29.5. The van der Waals surface area contributed by atoms with E-state index in [1.165, 1.54) is 12.5 Å². The molecule has 1 fully saturated rings. The molecule has 4 aromatic rings. The Kier molecular flexibility index (Phi) is 7.94. The van der Waals surface area contributed by atoms with Crippen molar-refractivity contribution in [2.75, 3.05) is 0 Å². The molecule has 42 heavy (non-hydrogen) atoms.